The van der Waals surface area contributed by atoms with Gasteiger partial charge < -0.3 is 10.2 Å². The van der Waals surface area contributed by atoms with E-state index in [9.17, 15) is 18.4 Å². The summed E-state index contributed by atoms with van der Waals surface area (Å²) < 4.78 is 27.3. The molecule has 0 aliphatic carbocycles. The first-order chi connectivity index (χ1) is 12.4. The van der Waals surface area contributed by atoms with Gasteiger partial charge in [-0.25, -0.2) is 8.78 Å². The third-order valence-corrected chi connectivity index (χ3v) is 4.63. The maximum absolute atomic E-state index is 13.6. The standard InChI is InChI=1S/C19H17ClF2N2O2/c20-14-6-4-12(5-7-14)8-9-24-11-13(10-17(24)25)19(26)23-18-15(21)2-1-3-16(18)22/h1-7,13H,8-11H2,(H,23,26). The highest BCUT2D eigenvalue weighted by molar-refractivity contribution is 6.30. The predicted octanol–water partition coefficient (Wildman–Crippen LogP) is 3.65. The van der Waals surface area contributed by atoms with Crippen LogP contribution in [0.5, 0.6) is 0 Å². The lowest BCUT2D eigenvalue weighted by atomic mass is 10.1. The fourth-order valence-electron chi connectivity index (χ4n) is 2.92. The fourth-order valence-corrected chi connectivity index (χ4v) is 3.05. The summed E-state index contributed by atoms with van der Waals surface area (Å²) in [5.41, 5.74) is 0.549. The van der Waals surface area contributed by atoms with Gasteiger partial charge in [-0.15, -0.1) is 0 Å². The number of nitrogens with one attached hydrogen (secondary N) is 1. The van der Waals surface area contributed by atoms with Crippen LogP contribution >= 0.6 is 11.6 Å². The molecule has 2 aromatic rings. The summed E-state index contributed by atoms with van der Waals surface area (Å²) in [6.07, 6.45) is 0.668. The van der Waals surface area contributed by atoms with Crippen molar-refractivity contribution in [2.24, 2.45) is 5.92 Å². The van der Waals surface area contributed by atoms with Crippen LogP contribution in [0.25, 0.3) is 0 Å². The van der Waals surface area contributed by atoms with E-state index < -0.39 is 29.1 Å². The first-order valence-electron chi connectivity index (χ1n) is 8.21. The lowest BCUT2D eigenvalue weighted by molar-refractivity contribution is -0.128. The lowest BCUT2D eigenvalue weighted by Gasteiger charge is -2.17. The van der Waals surface area contributed by atoms with E-state index in [4.69, 9.17) is 11.6 Å². The van der Waals surface area contributed by atoms with E-state index >= 15 is 0 Å². The summed E-state index contributed by atoms with van der Waals surface area (Å²) in [5.74, 6) is -3.03. The molecule has 1 unspecified atom stereocenters. The second kappa shape index (κ2) is 7.83. The van der Waals surface area contributed by atoms with Gasteiger partial charge >= 0.3 is 0 Å². The van der Waals surface area contributed by atoms with Crippen LogP contribution in [0, 0.1) is 17.6 Å². The number of carbonyl (C=O) groups excluding carboxylic acids is 2. The monoisotopic (exact) mass is 378 g/mol. The second-order valence-electron chi connectivity index (χ2n) is 6.20. The summed E-state index contributed by atoms with van der Waals surface area (Å²) in [4.78, 5) is 26.0. The molecule has 1 N–H and O–H groups in total. The van der Waals surface area contributed by atoms with Gasteiger partial charge in [0, 0.05) is 24.5 Å². The molecule has 136 valence electrons. The van der Waals surface area contributed by atoms with Crippen LogP contribution in [-0.2, 0) is 16.0 Å². The molecule has 1 heterocycles. The lowest BCUT2D eigenvalue weighted by Crippen LogP contribution is -2.30. The minimum atomic E-state index is -0.845. The maximum Gasteiger partial charge on any atom is 0.229 e. The number of nitrogens with zero attached hydrogens (tertiary/aromatic N) is 1. The number of para-hydroxylation sites is 1. The van der Waals surface area contributed by atoms with Crippen LogP contribution in [0.3, 0.4) is 0 Å². The van der Waals surface area contributed by atoms with Gasteiger partial charge in [-0.2, -0.15) is 0 Å². The summed E-state index contributed by atoms with van der Waals surface area (Å²) in [5, 5.41) is 2.90. The Morgan fingerprint density at radius 1 is 1.15 bits per heavy atom. The highest BCUT2D eigenvalue weighted by atomic mass is 35.5. The van der Waals surface area contributed by atoms with Crippen LogP contribution in [0.1, 0.15) is 12.0 Å². The molecule has 1 saturated heterocycles. The average Bonchev–Trinajstić information content (AvgIpc) is 2.99. The quantitative estimate of drug-likeness (QED) is 0.863. The Hall–Kier alpha value is -2.47. The van der Waals surface area contributed by atoms with Gasteiger partial charge in [0.25, 0.3) is 0 Å². The highest BCUT2D eigenvalue weighted by Gasteiger charge is 2.34. The molecule has 2 amide bonds. The van der Waals surface area contributed by atoms with Crippen molar-refractivity contribution in [2.75, 3.05) is 18.4 Å². The van der Waals surface area contributed by atoms with E-state index in [0.29, 0.717) is 18.0 Å². The van der Waals surface area contributed by atoms with Crippen molar-refractivity contribution in [3.63, 3.8) is 0 Å². The number of likely N-dealkylation sites (tertiary alicyclic amines) is 1. The molecule has 7 heteroatoms. The van der Waals surface area contributed by atoms with Crippen LogP contribution in [-0.4, -0.2) is 29.8 Å². The van der Waals surface area contributed by atoms with E-state index in [1.54, 1.807) is 17.0 Å². The van der Waals surface area contributed by atoms with E-state index in [1.165, 1.54) is 6.07 Å². The van der Waals surface area contributed by atoms with Crippen molar-refractivity contribution in [3.05, 3.63) is 64.7 Å². The van der Waals surface area contributed by atoms with Crippen molar-refractivity contribution in [3.8, 4) is 0 Å². The summed E-state index contributed by atoms with van der Waals surface area (Å²) in [6.45, 7) is 0.701. The topological polar surface area (TPSA) is 49.4 Å². The number of hydrogen-bond donors (Lipinski definition) is 1. The molecule has 0 aromatic heterocycles. The van der Waals surface area contributed by atoms with Gasteiger partial charge in [0.05, 0.1) is 5.92 Å². The summed E-state index contributed by atoms with van der Waals surface area (Å²) >= 11 is 5.84. The minimum Gasteiger partial charge on any atom is -0.342 e. The summed E-state index contributed by atoms with van der Waals surface area (Å²) in [6, 6.07) is 10.7. The van der Waals surface area contributed by atoms with Crippen molar-refractivity contribution in [1.82, 2.24) is 4.90 Å². The largest absolute Gasteiger partial charge is 0.342 e. The molecule has 0 saturated carbocycles. The summed E-state index contributed by atoms with van der Waals surface area (Å²) in [7, 11) is 0. The fraction of sp³-hybridized carbons (Fsp3) is 0.263. The van der Waals surface area contributed by atoms with Crippen LogP contribution in [0.4, 0.5) is 14.5 Å². The zero-order valence-electron chi connectivity index (χ0n) is 13.8. The molecule has 1 aliphatic heterocycles. The second-order valence-corrected chi connectivity index (χ2v) is 6.64. The molecular formula is C19H17ClF2N2O2. The zero-order valence-corrected chi connectivity index (χ0v) is 14.6. The van der Waals surface area contributed by atoms with Gasteiger partial charge in [0.15, 0.2) is 0 Å². The average molecular weight is 379 g/mol. The molecule has 26 heavy (non-hydrogen) atoms. The highest BCUT2D eigenvalue weighted by Crippen LogP contribution is 2.23. The molecule has 2 aromatic carbocycles. The molecule has 4 nitrogen and oxygen atoms in total. The smallest absolute Gasteiger partial charge is 0.229 e. The van der Waals surface area contributed by atoms with Gasteiger partial charge in [-0.1, -0.05) is 29.8 Å². The van der Waals surface area contributed by atoms with E-state index in [1.807, 2.05) is 12.1 Å². The molecule has 1 atom stereocenters. The molecule has 0 radical (unpaired) electrons. The molecule has 1 fully saturated rings. The van der Waals surface area contributed by atoms with Gasteiger partial charge in [-0.3, -0.25) is 9.59 Å². The number of benzene rings is 2. The Bertz CT molecular complexity index is 807. The van der Waals surface area contributed by atoms with Gasteiger partial charge in [0.2, 0.25) is 11.8 Å². The van der Waals surface area contributed by atoms with Gasteiger partial charge in [0.1, 0.15) is 17.3 Å². The third-order valence-electron chi connectivity index (χ3n) is 4.38. The van der Waals surface area contributed by atoms with Crippen molar-refractivity contribution < 1.29 is 18.4 Å². The Morgan fingerprint density at radius 3 is 2.46 bits per heavy atom. The number of amides is 2. The molecule has 0 spiro atoms. The van der Waals surface area contributed by atoms with Crippen molar-refractivity contribution in [1.29, 1.82) is 0 Å². The van der Waals surface area contributed by atoms with Crippen LogP contribution < -0.4 is 5.32 Å². The van der Waals surface area contributed by atoms with Crippen LogP contribution in [0.2, 0.25) is 5.02 Å². The zero-order chi connectivity index (χ0) is 18.7. The van der Waals surface area contributed by atoms with Crippen molar-refractivity contribution >= 4 is 29.1 Å². The number of hydrogen-bond acceptors (Lipinski definition) is 2. The van der Waals surface area contributed by atoms with Crippen molar-refractivity contribution in [2.45, 2.75) is 12.8 Å². The molecule has 1 aliphatic rings. The number of rotatable bonds is 5. The third kappa shape index (κ3) is 4.19. The van der Waals surface area contributed by atoms with Crippen LogP contribution in [0.15, 0.2) is 42.5 Å². The molecule has 3 rings (SSSR count). The van der Waals surface area contributed by atoms with E-state index in [2.05, 4.69) is 5.32 Å². The minimum absolute atomic E-state index is 0.0303. The Morgan fingerprint density at radius 2 is 1.81 bits per heavy atom. The molecule has 0 bridgehead atoms. The predicted molar refractivity (Wildman–Crippen MR) is 94.8 cm³/mol. The maximum atomic E-state index is 13.6. The molecular weight excluding hydrogens is 362 g/mol. The van der Waals surface area contributed by atoms with Gasteiger partial charge in [-0.05, 0) is 36.2 Å². The normalized spacial score (nSPS) is 16.8. The number of anilines is 1. The SMILES string of the molecule is O=C(Nc1c(F)cccc1F)C1CC(=O)N(CCc2ccc(Cl)cc2)C1. The van der Waals surface area contributed by atoms with E-state index in [-0.39, 0.29) is 18.9 Å². The first kappa shape index (κ1) is 18.3. The first-order valence-corrected chi connectivity index (χ1v) is 8.59. The number of carbonyl (C=O) groups is 2. The Labute approximate surface area is 154 Å². The van der Waals surface area contributed by atoms with E-state index in [0.717, 1.165) is 17.7 Å². The Kier molecular flexibility index (Phi) is 5.52. The Balaban J connectivity index is 1.58. The number of halogens is 3.